The molecule has 1 aliphatic rings. The molecule has 2 amide bonds. The number of para-hydroxylation sites is 1. The summed E-state index contributed by atoms with van der Waals surface area (Å²) in [5.41, 5.74) is 4.39. The van der Waals surface area contributed by atoms with Crippen LogP contribution in [0.5, 0.6) is 0 Å². The van der Waals surface area contributed by atoms with E-state index in [4.69, 9.17) is 0 Å². The minimum atomic E-state index is -0.293. The lowest BCUT2D eigenvalue weighted by Crippen LogP contribution is -2.39. The Balaban J connectivity index is 1.26. The lowest BCUT2D eigenvalue weighted by atomic mass is 10.1. The van der Waals surface area contributed by atoms with Crippen molar-refractivity contribution in [3.05, 3.63) is 89.8 Å². The van der Waals surface area contributed by atoms with Crippen LogP contribution in [0.15, 0.2) is 67.0 Å². The summed E-state index contributed by atoms with van der Waals surface area (Å²) in [6.07, 6.45) is 4.33. The third kappa shape index (κ3) is 4.02. The van der Waals surface area contributed by atoms with Gasteiger partial charge in [0.25, 0.3) is 0 Å². The molecule has 2 aromatic carbocycles. The van der Waals surface area contributed by atoms with Crippen LogP contribution in [0.3, 0.4) is 0 Å². The Hall–Kier alpha value is -4.01. The van der Waals surface area contributed by atoms with Gasteiger partial charge < -0.3 is 10.2 Å². The summed E-state index contributed by atoms with van der Waals surface area (Å²) < 4.78 is 16.6. The van der Waals surface area contributed by atoms with Crippen molar-refractivity contribution in [1.29, 1.82) is 0 Å². The number of amides is 2. The second-order valence-corrected chi connectivity index (χ2v) is 7.37. The molecule has 31 heavy (non-hydrogen) atoms. The molecule has 0 radical (unpaired) electrons. The van der Waals surface area contributed by atoms with E-state index in [9.17, 15) is 9.18 Å². The first-order valence-electron chi connectivity index (χ1n) is 9.97. The number of halogens is 1. The summed E-state index contributed by atoms with van der Waals surface area (Å²) in [5, 5.41) is 15.8. The van der Waals surface area contributed by atoms with Crippen molar-refractivity contribution >= 4 is 11.7 Å². The van der Waals surface area contributed by atoms with Crippen LogP contribution in [0.4, 0.5) is 14.9 Å². The highest BCUT2D eigenvalue weighted by Crippen LogP contribution is 2.20. The van der Waals surface area contributed by atoms with Gasteiger partial charge in [-0.2, -0.15) is 5.10 Å². The molecular weight excluding hydrogens is 397 g/mol. The maximum atomic E-state index is 13.1. The second-order valence-electron chi connectivity index (χ2n) is 7.37. The molecule has 8 nitrogen and oxygen atoms in total. The molecule has 0 saturated heterocycles. The van der Waals surface area contributed by atoms with Gasteiger partial charge in [0.05, 0.1) is 31.2 Å². The summed E-state index contributed by atoms with van der Waals surface area (Å²) in [4.78, 5) is 14.4. The molecule has 1 aliphatic heterocycles. The van der Waals surface area contributed by atoms with Crippen molar-refractivity contribution in [2.45, 2.75) is 19.5 Å². The van der Waals surface area contributed by atoms with Crippen LogP contribution in [-0.2, 0) is 19.5 Å². The molecule has 0 unspecified atom stereocenters. The standard InChI is InChI=1S/C22H20FN7O/c23-17-6-8-20(9-7-17)29-14-19(26-27-29)15-30-21-10-11-28(13-16(21)12-24-30)22(31)25-18-4-2-1-3-5-18/h1-9,12,14H,10-11,13,15H2,(H,25,31). The molecule has 0 aliphatic carbocycles. The van der Waals surface area contributed by atoms with E-state index in [0.29, 0.717) is 26.1 Å². The van der Waals surface area contributed by atoms with E-state index in [1.54, 1.807) is 21.7 Å². The van der Waals surface area contributed by atoms with Crippen LogP contribution in [-0.4, -0.2) is 42.3 Å². The molecule has 2 aromatic heterocycles. The number of nitrogens with one attached hydrogen (secondary N) is 1. The molecule has 0 spiro atoms. The van der Waals surface area contributed by atoms with Gasteiger partial charge in [-0.25, -0.2) is 13.9 Å². The molecule has 4 aromatic rings. The monoisotopic (exact) mass is 417 g/mol. The zero-order valence-electron chi connectivity index (χ0n) is 16.6. The molecule has 0 fully saturated rings. The first kappa shape index (κ1) is 19.0. The molecule has 5 rings (SSSR count). The number of rotatable bonds is 4. The van der Waals surface area contributed by atoms with Gasteiger partial charge in [-0.05, 0) is 36.4 Å². The van der Waals surface area contributed by atoms with Gasteiger partial charge in [-0.3, -0.25) is 4.68 Å². The Morgan fingerprint density at radius 2 is 1.90 bits per heavy atom. The van der Waals surface area contributed by atoms with Crippen molar-refractivity contribution < 1.29 is 9.18 Å². The van der Waals surface area contributed by atoms with E-state index < -0.39 is 0 Å². The average molecular weight is 417 g/mol. The van der Waals surface area contributed by atoms with E-state index in [1.807, 2.05) is 47.4 Å². The summed E-state index contributed by atoms with van der Waals surface area (Å²) in [7, 11) is 0. The molecule has 1 N–H and O–H groups in total. The summed E-state index contributed by atoms with van der Waals surface area (Å²) in [5.74, 6) is -0.293. The molecule has 0 bridgehead atoms. The van der Waals surface area contributed by atoms with E-state index in [-0.39, 0.29) is 11.8 Å². The van der Waals surface area contributed by atoms with Gasteiger partial charge >= 0.3 is 6.03 Å². The predicted octanol–water partition coefficient (Wildman–Crippen LogP) is 3.24. The Labute approximate surface area is 177 Å². The number of anilines is 1. The fourth-order valence-electron chi connectivity index (χ4n) is 3.67. The lowest BCUT2D eigenvalue weighted by molar-refractivity contribution is 0.205. The average Bonchev–Trinajstić information content (AvgIpc) is 3.42. The van der Waals surface area contributed by atoms with Crippen molar-refractivity contribution in [2.75, 3.05) is 11.9 Å². The van der Waals surface area contributed by atoms with Gasteiger partial charge in [0.15, 0.2) is 0 Å². The number of hydrogen-bond acceptors (Lipinski definition) is 4. The van der Waals surface area contributed by atoms with Crippen molar-refractivity contribution in [3.63, 3.8) is 0 Å². The van der Waals surface area contributed by atoms with E-state index in [0.717, 1.165) is 28.3 Å². The van der Waals surface area contributed by atoms with Crippen LogP contribution in [0.2, 0.25) is 0 Å². The van der Waals surface area contributed by atoms with Gasteiger partial charge in [-0.15, -0.1) is 5.10 Å². The zero-order valence-corrected chi connectivity index (χ0v) is 16.6. The van der Waals surface area contributed by atoms with Crippen LogP contribution >= 0.6 is 0 Å². The largest absolute Gasteiger partial charge is 0.322 e. The predicted molar refractivity (Wildman–Crippen MR) is 112 cm³/mol. The summed E-state index contributed by atoms with van der Waals surface area (Å²) in [6.45, 7) is 1.60. The normalized spacial score (nSPS) is 13.1. The highest BCUT2D eigenvalue weighted by atomic mass is 19.1. The number of urea groups is 1. The highest BCUT2D eigenvalue weighted by Gasteiger charge is 2.24. The summed E-state index contributed by atoms with van der Waals surface area (Å²) in [6, 6.07) is 15.4. The van der Waals surface area contributed by atoms with Gasteiger partial charge in [0, 0.05) is 29.9 Å². The van der Waals surface area contributed by atoms with E-state index >= 15 is 0 Å². The maximum absolute atomic E-state index is 13.1. The van der Waals surface area contributed by atoms with Gasteiger partial charge in [0.2, 0.25) is 0 Å². The Morgan fingerprint density at radius 1 is 1.10 bits per heavy atom. The number of fused-ring (bicyclic) bond motifs is 1. The maximum Gasteiger partial charge on any atom is 0.322 e. The van der Waals surface area contributed by atoms with Gasteiger partial charge in [-0.1, -0.05) is 23.4 Å². The van der Waals surface area contributed by atoms with E-state index in [1.165, 1.54) is 12.1 Å². The number of aromatic nitrogens is 5. The van der Waals surface area contributed by atoms with Crippen molar-refractivity contribution in [3.8, 4) is 5.69 Å². The minimum Gasteiger partial charge on any atom is -0.320 e. The van der Waals surface area contributed by atoms with E-state index in [2.05, 4.69) is 20.7 Å². The molecule has 0 atom stereocenters. The second kappa shape index (κ2) is 8.02. The smallest absolute Gasteiger partial charge is 0.320 e. The number of benzene rings is 2. The quantitative estimate of drug-likeness (QED) is 0.553. The molecule has 156 valence electrons. The van der Waals surface area contributed by atoms with Crippen LogP contribution < -0.4 is 5.32 Å². The SMILES string of the molecule is O=C(Nc1ccccc1)N1CCc2c(cnn2Cc2cn(-c3ccc(F)cc3)nn2)C1. The molecule has 0 saturated carbocycles. The fourth-order valence-corrected chi connectivity index (χ4v) is 3.67. The first-order valence-corrected chi connectivity index (χ1v) is 9.97. The lowest BCUT2D eigenvalue weighted by Gasteiger charge is -2.27. The molecule has 3 heterocycles. The Kier molecular flexibility index (Phi) is 4.91. The number of carbonyl (C=O) groups is 1. The van der Waals surface area contributed by atoms with Crippen molar-refractivity contribution in [2.24, 2.45) is 0 Å². The van der Waals surface area contributed by atoms with Crippen LogP contribution in [0, 0.1) is 5.82 Å². The third-order valence-corrected chi connectivity index (χ3v) is 5.27. The molecule has 9 heteroatoms. The third-order valence-electron chi connectivity index (χ3n) is 5.27. The van der Waals surface area contributed by atoms with Crippen LogP contribution in [0.1, 0.15) is 17.0 Å². The molecular formula is C22H20FN7O. The Bertz CT molecular complexity index is 1200. The van der Waals surface area contributed by atoms with Crippen molar-refractivity contribution in [1.82, 2.24) is 29.7 Å². The summed E-state index contributed by atoms with van der Waals surface area (Å²) >= 11 is 0. The number of hydrogen-bond donors (Lipinski definition) is 1. The van der Waals surface area contributed by atoms with Gasteiger partial charge in [0.1, 0.15) is 11.5 Å². The topological polar surface area (TPSA) is 80.9 Å². The number of carbonyl (C=O) groups excluding carboxylic acids is 1. The van der Waals surface area contributed by atoms with Crippen LogP contribution in [0.25, 0.3) is 5.69 Å². The number of nitrogens with zero attached hydrogens (tertiary/aromatic N) is 6. The minimum absolute atomic E-state index is 0.119. The zero-order chi connectivity index (χ0) is 21.2. The first-order chi connectivity index (χ1) is 15.2. The highest BCUT2D eigenvalue weighted by molar-refractivity contribution is 5.89. The fraction of sp³-hybridized carbons (Fsp3) is 0.182. The Morgan fingerprint density at radius 3 is 2.71 bits per heavy atom.